The molecule has 1 aromatic heterocycles. The van der Waals surface area contributed by atoms with Gasteiger partial charge in [-0.3, -0.25) is 4.79 Å². The predicted octanol–water partition coefficient (Wildman–Crippen LogP) is 3.36. The monoisotopic (exact) mass is 467 g/mol. The standard InChI is InChI=1S/C24H26FN5O2S/c1-32-21-4-2-3-18(13-21)15-26-23(31)16-33-24-14-22(27-17-28-24)30-11-9-29(10-12-30)20-7-5-19(25)6-8-20/h2-8,13-14,17H,9-12,15-16H2,1H3,(H,26,31). The van der Waals surface area contributed by atoms with E-state index in [0.717, 1.165) is 54.0 Å². The minimum absolute atomic E-state index is 0.0594. The van der Waals surface area contributed by atoms with E-state index in [4.69, 9.17) is 4.74 Å². The Kier molecular flexibility index (Phi) is 7.62. The van der Waals surface area contributed by atoms with Gasteiger partial charge in [0.05, 0.1) is 12.9 Å². The molecule has 1 saturated heterocycles. The van der Waals surface area contributed by atoms with E-state index in [-0.39, 0.29) is 17.5 Å². The molecule has 3 aromatic rings. The smallest absolute Gasteiger partial charge is 0.230 e. The predicted molar refractivity (Wildman–Crippen MR) is 128 cm³/mol. The Bertz CT molecular complexity index is 1070. The molecular formula is C24H26FN5O2S. The summed E-state index contributed by atoms with van der Waals surface area (Å²) in [5.74, 6) is 1.61. The number of piperazine rings is 1. The van der Waals surface area contributed by atoms with Crippen molar-refractivity contribution >= 4 is 29.2 Å². The van der Waals surface area contributed by atoms with E-state index in [9.17, 15) is 9.18 Å². The molecule has 1 aliphatic rings. The van der Waals surface area contributed by atoms with Gasteiger partial charge in [-0.2, -0.15) is 0 Å². The Labute approximate surface area is 197 Å². The molecule has 0 saturated carbocycles. The van der Waals surface area contributed by atoms with Crippen molar-refractivity contribution in [2.24, 2.45) is 0 Å². The maximum absolute atomic E-state index is 13.2. The summed E-state index contributed by atoms with van der Waals surface area (Å²) >= 11 is 1.39. The van der Waals surface area contributed by atoms with Crippen molar-refractivity contribution in [3.05, 3.63) is 72.3 Å². The highest BCUT2D eigenvalue weighted by Crippen LogP contribution is 2.23. The zero-order valence-electron chi connectivity index (χ0n) is 18.4. The fourth-order valence-corrected chi connectivity index (χ4v) is 4.29. The highest BCUT2D eigenvalue weighted by molar-refractivity contribution is 7.99. The summed E-state index contributed by atoms with van der Waals surface area (Å²) in [6.07, 6.45) is 1.54. The number of aromatic nitrogens is 2. The van der Waals surface area contributed by atoms with Gasteiger partial charge in [0.2, 0.25) is 5.91 Å². The first-order valence-electron chi connectivity index (χ1n) is 10.7. The Morgan fingerprint density at radius 3 is 2.58 bits per heavy atom. The van der Waals surface area contributed by atoms with Gasteiger partial charge in [0, 0.05) is 44.5 Å². The number of halogens is 1. The molecule has 4 rings (SSSR count). The van der Waals surface area contributed by atoms with Crippen LogP contribution in [0.4, 0.5) is 15.9 Å². The number of nitrogens with zero attached hydrogens (tertiary/aromatic N) is 4. The first-order chi connectivity index (χ1) is 16.1. The Morgan fingerprint density at radius 2 is 1.82 bits per heavy atom. The number of thioether (sulfide) groups is 1. The van der Waals surface area contributed by atoms with Crippen molar-refractivity contribution in [2.75, 3.05) is 48.8 Å². The quantitative estimate of drug-likeness (QED) is 0.402. The minimum Gasteiger partial charge on any atom is -0.497 e. The topological polar surface area (TPSA) is 70.6 Å². The second-order valence-electron chi connectivity index (χ2n) is 7.58. The normalized spacial score (nSPS) is 13.6. The number of anilines is 2. The van der Waals surface area contributed by atoms with E-state index < -0.39 is 0 Å². The van der Waals surface area contributed by atoms with Gasteiger partial charge < -0.3 is 19.9 Å². The van der Waals surface area contributed by atoms with Crippen LogP contribution in [0.1, 0.15) is 5.56 Å². The van der Waals surface area contributed by atoms with E-state index in [2.05, 4.69) is 25.1 Å². The first kappa shape index (κ1) is 22.8. The number of benzene rings is 2. The lowest BCUT2D eigenvalue weighted by atomic mass is 10.2. The molecule has 1 N–H and O–H groups in total. The molecule has 7 nitrogen and oxygen atoms in total. The van der Waals surface area contributed by atoms with E-state index >= 15 is 0 Å². The van der Waals surface area contributed by atoms with Crippen LogP contribution < -0.4 is 19.9 Å². The zero-order chi connectivity index (χ0) is 23.0. The van der Waals surface area contributed by atoms with Crippen molar-refractivity contribution in [3.63, 3.8) is 0 Å². The van der Waals surface area contributed by atoms with Crippen LogP contribution in [0.3, 0.4) is 0 Å². The Balaban J connectivity index is 1.25. The zero-order valence-corrected chi connectivity index (χ0v) is 19.2. The fraction of sp³-hybridized carbons (Fsp3) is 0.292. The highest BCUT2D eigenvalue weighted by Gasteiger charge is 2.19. The van der Waals surface area contributed by atoms with Crippen LogP contribution in [0.5, 0.6) is 5.75 Å². The third-order valence-electron chi connectivity index (χ3n) is 5.40. The van der Waals surface area contributed by atoms with Gasteiger partial charge in [0.15, 0.2) is 0 Å². The number of hydrogen-bond donors (Lipinski definition) is 1. The Morgan fingerprint density at radius 1 is 1.06 bits per heavy atom. The summed E-state index contributed by atoms with van der Waals surface area (Å²) in [5.41, 5.74) is 2.01. The molecule has 1 fully saturated rings. The van der Waals surface area contributed by atoms with Gasteiger partial charge in [-0.15, -0.1) is 0 Å². The summed E-state index contributed by atoms with van der Waals surface area (Å²) < 4.78 is 18.4. The Hall–Kier alpha value is -3.33. The van der Waals surface area contributed by atoms with Crippen LogP contribution in [0.2, 0.25) is 0 Å². The van der Waals surface area contributed by atoms with Gasteiger partial charge in [-0.05, 0) is 42.0 Å². The second-order valence-corrected chi connectivity index (χ2v) is 8.58. The van der Waals surface area contributed by atoms with Crippen molar-refractivity contribution in [1.82, 2.24) is 15.3 Å². The maximum Gasteiger partial charge on any atom is 0.230 e. The largest absolute Gasteiger partial charge is 0.497 e. The average molecular weight is 468 g/mol. The lowest BCUT2D eigenvalue weighted by Gasteiger charge is -2.36. The summed E-state index contributed by atoms with van der Waals surface area (Å²) in [6.45, 7) is 3.71. The molecule has 0 aliphatic carbocycles. The summed E-state index contributed by atoms with van der Waals surface area (Å²) in [6, 6.07) is 16.1. The molecule has 1 aliphatic heterocycles. The number of ether oxygens (including phenoxy) is 1. The third kappa shape index (κ3) is 6.35. The van der Waals surface area contributed by atoms with Crippen LogP contribution in [-0.2, 0) is 11.3 Å². The van der Waals surface area contributed by atoms with Crippen LogP contribution in [0.25, 0.3) is 0 Å². The van der Waals surface area contributed by atoms with Crippen LogP contribution in [0, 0.1) is 5.82 Å². The van der Waals surface area contributed by atoms with Gasteiger partial charge >= 0.3 is 0 Å². The summed E-state index contributed by atoms with van der Waals surface area (Å²) in [4.78, 5) is 25.4. The molecule has 9 heteroatoms. The molecule has 0 unspecified atom stereocenters. The lowest BCUT2D eigenvalue weighted by molar-refractivity contribution is -0.118. The van der Waals surface area contributed by atoms with Gasteiger partial charge in [-0.25, -0.2) is 14.4 Å². The van der Waals surface area contributed by atoms with E-state index in [1.54, 1.807) is 7.11 Å². The van der Waals surface area contributed by atoms with Crippen LogP contribution in [0.15, 0.2) is 66.0 Å². The van der Waals surface area contributed by atoms with Crippen molar-refractivity contribution < 1.29 is 13.9 Å². The van der Waals surface area contributed by atoms with Gasteiger partial charge in [0.25, 0.3) is 0 Å². The molecular weight excluding hydrogens is 441 g/mol. The summed E-state index contributed by atoms with van der Waals surface area (Å²) in [5, 5.41) is 3.69. The molecule has 0 spiro atoms. The number of methoxy groups -OCH3 is 1. The molecule has 172 valence electrons. The van der Waals surface area contributed by atoms with Crippen molar-refractivity contribution in [1.29, 1.82) is 0 Å². The third-order valence-corrected chi connectivity index (χ3v) is 6.32. The first-order valence-corrected chi connectivity index (χ1v) is 11.7. The SMILES string of the molecule is COc1cccc(CNC(=O)CSc2cc(N3CCN(c4ccc(F)cc4)CC3)ncn2)c1. The number of carbonyl (C=O) groups is 1. The summed E-state index contributed by atoms with van der Waals surface area (Å²) in [7, 11) is 1.62. The second kappa shape index (κ2) is 11.0. The molecule has 33 heavy (non-hydrogen) atoms. The molecule has 2 heterocycles. The number of rotatable bonds is 8. The molecule has 0 bridgehead atoms. The molecule has 0 radical (unpaired) electrons. The van der Waals surface area contributed by atoms with Crippen molar-refractivity contribution in [3.8, 4) is 5.75 Å². The highest BCUT2D eigenvalue weighted by atomic mass is 32.2. The number of carbonyl (C=O) groups excluding carboxylic acids is 1. The van der Waals surface area contributed by atoms with E-state index in [1.807, 2.05) is 42.5 Å². The van der Waals surface area contributed by atoms with Crippen LogP contribution >= 0.6 is 11.8 Å². The lowest BCUT2D eigenvalue weighted by Crippen LogP contribution is -2.46. The molecule has 1 amide bonds. The number of hydrogen-bond acceptors (Lipinski definition) is 7. The minimum atomic E-state index is -0.225. The number of amides is 1. The van der Waals surface area contributed by atoms with Gasteiger partial charge in [-0.1, -0.05) is 23.9 Å². The fourth-order valence-electron chi connectivity index (χ4n) is 3.60. The maximum atomic E-state index is 13.2. The van der Waals surface area contributed by atoms with Gasteiger partial charge in [0.1, 0.15) is 28.7 Å². The molecule has 0 atom stereocenters. The van der Waals surface area contributed by atoms with E-state index in [0.29, 0.717) is 6.54 Å². The molecule has 2 aromatic carbocycles. The average Bonchev–Trinajstić information content (AvgIpc) is 2.87. The van der Waals surface area contributed by atoms with E-state index in [1.165, 1.54) is 30.2 Å². The van der Waals surface area contributed by atoms with Crippen LogP contribution in [-0.4, -0.2) is 54.9 Å². The number of nitrogens with one attached hydrogen (secondary N) is 1. The van der Waals surface area contributed by atoms with Crippen molar-refractivity contribution in [2.45, 2.75) is 11.6 Å².